The summed E-state index contributed by atoms with van der Waals surface area (Å²) < 4.78 is 13.7. The molecule has 0 aliphatic carbocycles. The summed E-state index contributed by atoms with van der Waals surface area (Å²) in [6, 6.07) is 16.0. The summed E-state index contributed by atoms with van der Waals surface area (Å²) in [6.45, 7) is 4.65. The van der Waals surface area contributed by atoms with Crippen LogP contribution in [0.2, 0.25) is 0 Å². The van der Waals surface area contributed by atoms with Gasteiger partial charge in [0.1, 0.15) is 23.7 Å². The number of nitrogens with one attached hydrogen (secondary N) is 2. The van der Waals surface area contributed by atoms with E-state index in [1.54, 1.807) is 24.3 Å². The number of halogens is 1. The lowest BCUT2D eigenvalue weighted by molar-refractivity contribution is 0.102. The van der Waals surface area contributed by atoms with Gasteiger partial charge in [0.15, 0.2) is 0 Å². The van der Waals surface area contributed by atoms with Crippen LogP contribution >= 0.6 is 0 Å². The predicted octanol–water partition coefficient (Wildman–Crippen LogP) is 4.65. The molecule has 1 amide bonds. The maximum Gasteiger partial charge on any atom is 0.274 e. The van der Waals surface area contributed by atoms with Gasteiger partial charge in [0.05, 0.1) is 0 Å². The minimum Gasteiger partial charge on any atom is -0.370 e. The standard InChI is InChI=1S/C22H23FN4O/c1-15(2)17-8-4-6-10-19(17)27-22(28)20-13-21(26-14-25-20)24-12-11-16-7-3-5-9-18(16)23/h3-10,13-15H,11-12H2,1-2H3,(H,27,28)(H,24,25,26). The van der Waals surface area contributed by atoms with E-state index in [9.17, 15) is 9.18 Å². The van der Waals surface area contributed by atoms with E-state index in [0.717, 1.165) is 11.3 Å². The van der Waals surface area contributed by atoms with E-state index in [1.807, 2.05) is 24.3 Å². The first-order valence-corrected chi connectivity index (χ1v) is 9.24. The normalized spacial score (nSPS) is 10.7. The molecule has 0 aliphatic rings. The fourth-order valence-corrected chi connectivity index (χ4v) is 2.91. The molecule has 6 heteroatoms. The van der Waals surface area contributed by atoms with E-state index in [1.165, 1.54) is 12.4 Å². The lowest BCUT2D eigenvalue weighted by Gasteiger charge is -2.13. The van der Waals surface area contributed by atoms with Crippen LogP contribution in [-0.2, 0) is 6.42 Å². The number of anilines is 2. The molecular formula is C22H23FN4O. The van der Waals surface area contributed by atoms with Gasteiger partial charge in [0, 0.05) is 18.3 Å². The van der Waals surface area contributed by atoms with E-state index in [4.69, 9.17) is 0 Å². The predicted molar refractivity (Wildman–Crippen MR) is 109 cm³/mol. The second-order valence-electron chi connectivity index (χ2n) is 6.75. The molecule has 0 spiro atoms. The average molecular weight is 378 g/mol. The minimum atomic E-state index is -0.298. The second-order valence-corrected chi connectivity index (χ2v) is 6.75. The summed E-state index contributed by atoms with van der Waals surface area (Å²) in [7, 11) is 0. The highest BCUT2D eigenvalue weighted by molar-refractivity contribution is 6.03. The summed E-state index contributed by atoms with van der Waals surface area (Å²) in [5, 5.41) is 6.03. The van der Waals surface area contributed by atoms with E-state index >= 15 is 0 Å². The van der Waals surface area contributed by atoms with Crippen molar-refractivity contribution in [3.05, 3.63) is 83.6 Å². The average Bonchev–Trinajstić information content (AvgIpc) is 2.70. The number of nitrogens with zero attached hydrogens (tertiary/aromatic N) is 2. The Kier molecular flexibility index (Phi) is 6.32. The van der Waals surface area contributed by atoms with Crippen LogP contribution in [-0.4, -0.2) is 22.4 Å². The molecule has 0 saturated carbocycles. The summed E-state index contributed by atoms with van der Waals surface area (Å²) >= 11 is 0. The zero-order valence-electron chi connectivity index (χ0n) is 15.9. The monoisotopic (exact) mass is 378 g/mol. The van der Waals surface area contributed by atoms with Gasteiger partial charge in [-0.05, 0) is 35.6 Å². The highest BCUT2D eigenvalue weighted by Crippen LogP contribution is 2.24. The van der Waals surface area contributed by atoms with Gasteiger partial charge in [-0.3, -0.25) is 4.79 Å². The van der Waals surface area contributed by atoms with Crippen molar-refractivity contribution in [2.75, 3.05) is 17.2 Å². The van der Waals surface area contributed by atoms with Crippen LogP contribution in [0.15, 0.2) is 60.9 Å². The summed E-state index contributed by atoms with van der Waals surface area (Å²) in [5.74, 6) is 0.287. The number of hydrogen-bond donors (Lipinski definition) is 2. The molecule has 2 N–H and O–H groups in total. The van der Waals surface area contributed by atoms with Crippen molar-refractivity contribution in [2.24, 2.45) is 0 Å². The number of aromatic nitrogens is 2. The minimum absolute atomic E-state index is 0.226. The first-order chi connectivity index (χ1) is 13.5. The number of rotatable bonds is 7. The van der Waals surface area contributed by atoms with Gasteiger partial charge < -0.3 is 10.6 Å². The van der Waals surface area contributed by atoms with Crippen molar-refractivity contribution in [2.45, 2.75) is 26.2 Å². The van der Waals surface area contributed by atoms with E-state index < -0.39 is 0 Å². The van der Waals surface area contributed by atoms with Crippen LogP contribution in [0.1, 0.15) is 41.4 Å². The highest BCUT2D eigenvalue weighted by atomic mass is 19.1. The third-order valence-corrected chi connectivity index (χ3v) is 4.39. The van der Waals surface area contributed by atoms with Crippen molar-refractivity contribution in [1.29, 1.82) is 0 Å². The molecule has 28 heavy (non-hydrogen) atoms. The fraction of sp³-hybridized carbons (Fsp3) is 0.227. The van der Waals surface area contributed by atoms with Crippen molar-refractivity contribution < 1.29 is 9.18 Å². The van der Waals surface area contributed by atoms with Crippen molar-refractivity contribution >= 4 is 17.4 Å². The Hall–Kier alpha value is -3.28. The van der Waals surface area contributed by atoms with Gasteiger partial charge >= 0.3 is 0 Å². The van der Waals surface area contributed by atoms with Crippen LogP contribution < -0.4 is 10.6 Å². The molecule has 0 aliphatic heterocycles. The third-order valence-electron chi connectivity index (χ3n) is 4.39. The Bertz CT molecular complexity index is 959. The van der Waals surface area contributed by atoms with Crippen molar-refractivity contribution in [3.8, 4) is 0 Å². The van der Waals surface area contributed by atoms with Crippen LogP contribution in [0.4, 0.5) is 15.9 Å². The summed E-state index contributed by atoms with van der Waals surface area (Å²) in [4.78, 5) is 20.8. The molecular weight excluding hydrogens is 355 g/mol. The summed E-state index contributed by atoms with van der Waals surface area (Å²) in [6.07, 6.45) is 1.86. The maximum absolute atomic E-state index is 13.7. The number of benzene rings is 2. The van der Waals surface area contributed by atoms with E-state index in [0.29, 0.717) is 24.3 Å². The first-order valence-electron chi connectivity index (χ1n) is 9.24. The zero-order valence-corrected chi connectivity index (χ0v) is 15.9. The Balaban J connectivity index is 1.64. The van der Waals surface area contributed by atoms with Gasteiger partial charge in [-0.1, -0.05) is 50.2 Å². The molecule has 3 rings (SSSR count). The highest BCUT2D eigenvalue weighted by Gasteiger charge is 2.13. The zero-order chi connectivity index (χ0) is 19.9. The largest absolute Gasteiger partial charge is 0.370 e. The van der Waals surface area contributed by atoms with Gasteiger partial charge in [-0.25, -0.2) is 14.4 Å². The topological polar surface area (TPSA) is 66.9 Å². The molecule has 144 valence electrons. The van der Waals surface area contributed by atoms with Crippen molar-refractivity contribution in [3.63, 3.8) is 0 Å². The molecule has 5 nitrogen and oxygen atoms in total. The van der Waals surface area contributed by atoms with Gasteiger partial charge in [0.25, 0.3) is 5.91 Å². The number of hydrogen-bond acceptors (Lipinski definition) is 4. The molecule has 0 fully saturated rings. The summed E-state index contributed by atoms with van der Waals surface area (Å²) in [5.41, 5.74) is 2.73. The van der Waals surface area contributed by atoms with E-state index in [-0.39, 0.29) is 23.3 Å². The fourth-order valence-electron chi connectivity index (χ4n) is 2.91. The third kappa shape index (κ3) is 4.91. The van der Waals surface area contributed by atoms with Crippen LogP contribution in [0.25, 0.3) is 0 Å². The molecule has 0 radical (unpaired) electrons. The Morgan fingerprint density at radius 3 is 2.61 bits per heavy atom. The lowest BCUT2D eigenvalue weighted by Crippen LogP contribution is -2.16. The molecule has 1 aromatic heterocycles. The number of para-hydroxylation sites is 1. The van der Waals surface area contributed by atoms with E-state index in [2.05, 4.69) is 34.4 Å². The molecule has 2 aromatic carbocycles. The van der Waals surface area contributed by atoms with Gasteiger partial charge in [-0.2, -0.15) is 0 Å². The van der Waals surface area contributed by atoms with Crippen molar-refractivity contribution in [1.82, 2.24) is 9.97 Å². The van der Waals surface area contributed by atoms with Gasteiger partial charge in [0.2, 0.25) is 0 Å². The lowest BCUT2D eigenvalue weighted by atomic mass is 10.0. The molecule has 0 unspecified atom stereocenters. The Morgan fingerprint density at radius 1 is 1.07 bits per heavy atom. The number of carbonyl (C=O) groups excluding carboxylic acids is 1. The second kappa shape index (κ2) is 9.08. The molecule has 1 heterocycles. The Labute approximate surface area is 164 Å². The molecule has 0 atom stereocenters. The number of carbonyl (C=O) groups is 1. The van der Waals surface area contributed by atoms with Crippen LogP contribution in [0.3, 0.4) is 0 Å². The van der Waals surface area contributed by atoms with Crippen LogP contribution in [0.5, 0.6) is 0 Å². The molecule has 3 aromatic rings. The van der Waals surface area contributed by atoms with Crippen LogP contribution in [0, 0.1) is 5.82 Å². The Morgan fingerprint density at radius 2 is 1.82 bits per heavy atom. The molecule has 0 bridgehead atoms. The molecule has 0 saturated heterocycles. The smallest absolute Gasteiger partial charge is 0.274 e. The maximum atomic E-state index is 13.7. The quantitative estimate of drug-likeness (QED) is 0.628. The SMILES string of the molecule is CC(C)c1ccccc1NC(=O)c1cc(NCCc2ccccc2F)ncn1. The van der Waals surface area contributed by atoms with Gasteiger partial charge in [-0.15, -0.1) is 0 Å². The first kappa shape index (κ1) is 19.5. The number of amides is 1.